The smallest absolute Gasteiger partial charge is 0.162 e. The van der Waals surface area contributed by atoms with Gasteiger partial charge in [-0.15, -0.1) is 0 Å². The standard InChI is InChI=1S/C26H27N3O2/c1-16-22(15-27)25(18-5-9-20(10-6-18)29(2)3)26-23(28-16)13-19(14-24(26)30)17-7-11-21(31-4)12-8-17/h5-12,19,25,28H,13-14H2,1-4H3/t19-,25-/m0/s1. The normalized spacial score (nSPS) is 20.7. The molecule has 0 aromatic heterocycles. The van der Waals surface area contributed by atoms with Gasteiger partial charge < -0.3 is 15.0 Å². The van der Waals surface area contributed by atoms with E-state index < -0.39 is 0 Å². The van der Waals surface area contributed by atoms with E-state index in [9.17, 15) is 10.1 Å². The number of nitrogens with one attached hydrogen (secondary N) is 1. The number of allylic oxidation sites excluding steroid dienone is 4. The van der Waals surface area contributed by atoms with Crippen LogP contribution in [0, 0.1) is 11.3 Å². The van der Waals surface area contributed by atoms with Crippen molar-refractivity contribution in [2.24, 2.45) is 0 Å². The molecule has 1 heterocycles. The first kappa shape index (κ1) is 20.7. The van der Waals surface area contributed by atoms with E-state index in [0.717, 1.165) is 46.0 Å². The fourth-order valence-electron chi connectivity index (χ4n) is 4.60. The van der Waals surface area contributed by atoms with Crippen molar-refractivity contribution >= 4 is 11.5 Å². The number of anilines is 1. The monoisotopic (exact) mass is 413 g/mol. The molecule has 0 spiro atoms. The van der Waals surface area contributed by atoms with Crippen molar-refractivity contribution in [1.82, 2.24) is 5.32 Å². The number of nitriles is 1. The molecule has 2 aromatic carbocycles. The quantitative estimate of drug-likeness (QED) is 0.791. The van der Waals surface area contributed by atoms with Crippen molar-refractivity contribution in [3.63, 3.8) is 0 Å². The van der Waals surface area contributed by atoms with Gasteiger partial charge in [-0.05, 0) is 54.7 Å². The minimum absolute atomic E-state index is 0.108. The molecule has 0 radical (unpaired) electrons. The van der Waals surface area contributed by atoms with Crippen LogP contribution in [-0.4, -0.2) is 27.0 Å². The van der Waals surface area contributed by atoms with E-state index in [0.29, 0.717) is 12.0 Å². The van der Waals surface area contributed by atoms with Crippen LogP contribution in [0.25, 0.3) is 0 Å². The highest BCUT2D eigenvalue weighted by atomic mass is 16.5. The maximum atomic E-state index is 13.4. The van der Waals surface area contributed by atoms with Crippen molar-refractivity contribution in [3.05, 3.63) is 82.2 Å². The number of hydrogen-bond donors (Lipinski definition) is 1. The minimum Gasteiger partial charge on any atom is -0.497 e. The van der Waals surface area contributed by atoms with E-state index in [1.165, 1.54) is 0 Å². The molecule has 5 heteroatoms. The van der Waals surface area contributed by atoms with E-state index in [2.05, 4.69) is 11.4 Å². The summed E-state index contributed by atoms with van der Waals surface area (Å²) in [7, 11) is 5.64. The molecule has 2 aliphatic rings. The molecule has 158 valence electrons. The maximum absolute atomic E-state index is 13.4. The molecule has 1 N–H and O–H groups in total. The topological polar surface area (TPSA) is 65.4 Å². The third-order valence-electron chi connectivity index (χ3n) is 6.28. The molecule has 4 rings (SSSR count). The first-order valence-electron chi connectivity index (χ1n) is 10.5. The predicted molar refractivity (Wildman–Crippen MR) is 122 cm³/mol. The van der Waals surface area contributed by atoms with Crippen molar-refractivity contribution in [2.45, 2.75) is 31.6 Å². The number of methoxy groups -OCH3 is 1. The fraction of sp³-hybridized carbons (Fsp3) is 0.308. The Balaban J connectivity index is 1.72. The van der Waals surface area contributed by atoms with E-state index in [1.54, 1.807) is 7.11 Å². The molecular weight excluding hydrogens is 386 g/mol. The third-order valence-corrected chi connectivity index (χ3v) is 6.28. The van der Waals surface area contributed by atoms with E-state index in [4.69, 9.17) is 4.74 Å². The number of dihydropyridines is 1. The number of rotatable bonds is 4. The van der Waals surface area contributed by atoms with Gasteiger partial charge in [0.05, 0.1) is 24.7 Å². The summed E-state index contributed by atoms with van der Waals surface area (Å²) in [5.74, 6) is 0.705. The zero-order chi connectivity index (χ0) is 22.1. The maximum Gasteiger partial charge on any atom is 0.162 e. The zero-order valence-corrected chi connectivity index (χ0v) is 18.4. The summed E-state index contributed by atoms with van der Waals surface area (Å²) in [4.78, 5) is 15.4. The second-order valence-corrected chi connectivity index (χ2v) is 8.39. The molecule has 0 saturated carbocycles. The first-order chi connectivity index (χ1) is 14.9. The Morgan fingerprint density at radius 1 is 1.03 bits per heavy atom. The van der Waals surface area contributed by atoms with Crippen LogP contribution in [0.1, 0.15) is 42.7 Å². The molecule has 31 heavy (non-hydrogen) atoms. The van der Waals surface area contributed by atoms with Crippen LogP contribution in [0.3, 0.4) is 0 Å². The second-order valence-electron chi connectivity index (χ2n) is 8.39. The molecule has 0 unspecified atom stereocenters. The number of ether oxygens (including phenoxy) is 1. The second kappa shape index (κ2) is 8.31. The van der Waals surface area contributed by atoms with E-state index in [-0.39, 0.29) is 17.6 Å². The van der Waals surface area contributed by atoms with E-state index in [1.807, 2.05) is 74.4 Å². The molecule has 0 saturated heterocycles. The van der Waals surface area contributed by atoms with Gasteiger partial charge in [0.25, 0.3) is 0 Å². The highest BCUT2D eigenvalue weighted by Crippen LogP contribution is 2.45. The summed E-state index contributed by atoms with van der Waals surface area (Å²) in [5.41, 5.74) is 6.31. The van der Waals surface area contributed by atoms with Gasteiger partial charge in [-0.25, -0.2) is 0 Å². The summed E-state index contributed by atoms with van der Waals surface area (Å²) < 4.78 is 5.26. The van der Waals surface area contributed by atoms with Crippen molar-refractivity contribution in [3.8, 4) is 11.8 Å². The lowest BCUT2D eigenvalue weighted by atomic mass is 9.72. The van der Waals surface area contributed by atoms with Gasteiger partial charge in [0, 0.05) is 43.2 Å². The summed E-state index contributed by atoms with van der Waals surface area (Å²) in [6, 6.07) is 18.4. The molecule has 5 nitrogen and oxygen atoms in total. The average molecular weight is 414 g/mol. The number of nitrogens with zero attached hydrogens (tertiary/aromatic N) is 2. The highest BCUT2D eigenvalue weighted by Gasteiger charge is 2.38. The van der Waals surface area contributed by atoms with Crippen LogP contribution in [-0.2, 0) is 4.79 Å². The van der Waals surface area contributed by atoms with Crippen molar-refractivity contribution in [2.75, 3.05) is 26.1 Å². The fourth-order valence-corrected chi connectivity index (χ4v) is 4.60. The van der Waals surface area contributed by atoms with Crippen molar-refractivity contribution in [1.29, 1.82) is 5.26 Å². The minimum atomic E-state index is -0.318. The van der Waals surface area contributed by atoms with Gasteiger partial charge >= 0.3 is 0 Å². The number of carbonyl (C=O) groups is 1. The average Bonchev–Trinajstić information content (AvgIpc) is 2.78. The first-order valence-corrected chi connectivity index (χ1v) is 10.5. The largest absolute Gasteiger partial charge is 0.497 e. The van der Waals surface area contributed by atoms with E-state index >= 15 is 0 Å². The Hall–Kier alpha value is -3.52. The molecule has 2 atom stereocenters. The Labute approximate surface area is 183 Å². The Morgan fingerprint density at radius 2 is 1.68 bits per heavy atom. The van der Waals surface area contributed by atoms with Gasteiger partial charge in [0.2, 0.25) is 0 Å². The summed E-state index contributed by atoms with van der Waals surface area (Å²) >= 11 is 0. The highest BCUT2D eigenvalue weighted by molar-refractivity contribution is 6.00. The number of hydrogen-bond acceptors (Lipinski definition) is 5. The predicted octanol–water partition coefficient (Wildman–Crippen LogP) is 4.65. The lowest BCUT2D eigenvalue weighted by molar-refractivity contribution is -0.116. The van der Waals surface area contributed by atoms with Crippen LogP contribution < -0.4 is 15.0 Å². The lowest BCUT2D eigenvalue weighted by Crippen LogP contribution is -2.33. The number of ketones is 1. The molecule has 0 fully saturated rings. The molecule has 0 amide bonds. The van der Waals surface area contributed by atoms with Crippen LogP contribution in [0.5, 0.6) is 5.75 Å². The third kappa shape index (κ3) is 3.82. The van der Waals surface area contributed by atoms with Crippen LogP contribution in [0.2, 0.25) is 0 Å². The van der Waals surface area contributed by atoms with Crippen LogP contribution in [0.4, 0.5) is 5.69 Å². The zero-order valence-electron chi connectivity index (χ0n) is 18.4. The van der Waals surface area contributed by atoms with Gasteiger partial charge in [-0.1, -0.05) is 24.3 Å². The lowest BCUT2D eigenvalue weighted by Gasteiger charge is -2.35. The van der Waals surface area contributed by atoms with Crippen LogP contribution in [0.15, 0.2) is 71.1 Å². The summed E-state index contributed by atoms with van der Waals surface area (Å²) in [6.45, 7) is 1.92. The SMILES string of the molecule is COc1ccc([C@@H]2CC(=O)C3=C(C2)NC(C)=C(C#N)[C@@H]3c2ccc(N(C)C)cc2)cc1. The van der Waals surface area contributed by atoms with Crippen LogP contribution >= 0.6 is 0 Å². The van der Waals surface area contributed by atoms with Gasteiger partial charge in [-0.2, -0.15) is 5.26 Å². The van der Waals surface area contributed by atoms with Gasteiger partial charge in [0.15, 0.2) is 5.78 Å². The van der Waals surface area contributed by atoms with Gasteiger partial charge in [-0.3, -0.25) is 4.79 Å². The molecule has 1 aliphatic carbocycles. The molecule has 0 bridgehead atoms. The molecular formula is C26H27N3O2. The Kier molecular flexibility index (Phi) is 5.56. The van der Waals surface area contributed by atoms with Gasteiger partial charge in [0.1, 0.15) is 5.75 Å². The summed E-state index contributed by atoms with van der Waals surface area (Å²) in [5, 5.41) is 13.3. The van der Waals surface area contributed by atoms with Crippen molar-refractivity contribution < 1.29 is 9.53 Å². The number of Topliss-reactive ketones (excluding diaryl/α,β-unsaturated/α-hetero) is 1. The molecule has 1 aliphatic heterocycles. The number of carbonyl (C=O) groups excluding carboxylic acids is 1. The Morgan fingerprint density at radius 3 is 2.26 bits per heavy atom. The number of benzene rings is 2. The Bertz CT molecular complexity index is 1100. The molecule has 2 aromatic rings. The summed E-state index contributed by atoms with van der Waals surface area (Å²) in [6.07, 6.45) is 1.19.